The third-order valence-electron chi connectivity index (χ3n) is 5.10. The van der Waals surface area contributed by atoms with Crippen LogP contribution >= 0.6 is 11.3 Å². The molecule has 1 amide bonds. The fourth-order valence-corrected chi connectivity index (χ4v) is 4.34. The molecule has 2 fully saturated rings. The van der Waals surface area contributed by atoms with E-state index in [1.807, 2.05) is 6.92 Å². The predicted octanol–water partition coefficient (Wildman–Crippen LogP) is 2.74. The van der Waals surface area contributed by atoms with E-state index in [1.54, 1.807) is 0 Å². The van der Waals surface area contributed by atoms with Gasteiger partial charge in [-0.05, 0) is 32.1 Å². The third-order valence-corrected chi connectivity index (χ3v) is 6.13. The van der Waals surface area contributed by atoms with Crippen LogP contribution in [0.1, 0.15) is 33.1 Å². The molecule has 3 heterocycles. The minimum absolute atomic E-state index is 0.00150. The minimum Gasteiger partial charge on any atom is -0.475 e. The van der Waals surface area contributed by atoms with Gasteiger partial charge in [0.25, 0.3) is 5.88 Å². The summed E-state index contributed by atoms with van der Waals surface area (Å²) in [5, 5.41) is 3.70. The van der Waals surface area contributed by atoms with Gasteiger partial charge in [-0.25, -0.2) is 9.37 Å². The van der Waals surface area contributed by atoms with Gasteiger partial charge in [-0.2, -0.15) is 4.98 Å². The number of nitrogens with zero attached hydrogens (tertiary/aromatic N) is 3. The number of rotatable bonds is 8. The van der Waals surface area contributed by atoms with Gasteiger partial charge in [0.1, 0.15) is 10.3 Å². The van der Waals surface area contributed by atoms with Crippen LogP contribution in [0.2, 0.25) is 0 Å². The van der Waals surface area contributed by atoms with Crippen molar-refractivity contribution in [3.05, 3.63) is 11.9 Å². The minimum atomic E-state index is -0.468. The fourth-order valence-electron chi connectivity index (χ4n) is 3.37. The average Bonchev–Trinajstić information content (AvgIpc) is 2.92. The van der Waals surface area contributed by atoms with Crippen molar-refractivity contribution in [1.82, 2.24) is 15.3 Å². The molecule has 28 heavy (non-hydrogen) atoms. The Labute approximate surface area is 167 Å². The molecule has 1 saturated carbocycles. The molecule has 1 N–H and O–H groups in total. The van der Waals surface area contributed by atoms with Gasteiger partial charge in [-0.1, -0.05) is 11.3 Å². The molecule has 1 aliphatic heterocycles. The molecule has 0 radical (unpaired) electrons. The van der Waals surface area contributed by atoms with Gasteiger partial charge in [0, 0.05) is 32.1 Å². The van der Waals surface area contributed by atoms with E-state index in [-0.39, 0.29) is 23.9 Å². The maximum Gasteiger partial charge on any atom is 0.251 e. The molecule has 0 unspecified atom stereocenters. The van der Waals surface area contributed by atoms with Crippen LogP contribution in [-0.4, -0.2) is 54.3 Å². The van der Waals surface area contributed by atoms with Crippen molar-refractivity contribution in [3.63, 3.8) is 0 Å². The van der Waals surface area contributed by atoms with Gasteiger partial charge < -0.3 is 19.7 Å². The van der Waals surface area contributed by atoms with E-state index in [0.29, 0.717) is 29.5 Å². The van der Waals surface area contributed by atoms with Crippen LogP contribution in [-0.2, 0) is 9.53 Å². The zero-order valence-electron chi connectivity index (χ0n) is 16.1. The van der Waals surface area contributed by atoms with E-state index in [4.69, 9.17) is 9.47 Å². The van der Waals surface area contributed by atoms with Gasteiger partial charge in [0.05, 0.1) is 19.3 Å². The summed E-state index contributed by atoms with van der Waals surface area (Å²) >= 11 is 1.48. The number of carbonyl (C=O) groups excluding carboxylic acids is 1. The van der Waals surface area contributed by atoms with Crippen LogP contribution in [0.15, 0.2) is 6.07 Å². The summed E-state index contributed by atoms with van der Waals surface area (Å²) in [6.45, 7) is 6.33. The number of halogens is 1. The number of nitrogens with one attached hydrogen (secondary N) is 1. The second-order valence-corrected chi connectivity index (χ2v) is 8.60. The summed E-state index contributed by atoms with van der Waals surface area (Å²) in [4.78, 5) is 22.7. The van der Waals surface area contributed by atoms with Crippen molar-refractivity contribution in [2.75, 3.05) is 31.2 Å². The number of hydrogen-bond acceptors (Lipinski definition) is 7. The molecular formula is C19H25FN4O3S. The highest BCUT2D eigenvalue weighted by Crippen LogP contribution is 2.34. The number of pyridine rings is 1. The Morgan fingerprint density at radius 2 is 2.21 bits per heavy atom. The van der Waals surface area contributed by atoms with Crippen LogP contribution in [0.25, 0.3) is 10.3 Å². The normalized spacial score (nSPS) is 22.5. The van der Waals surface area contributed by atoms with Gasteiger partial charge in [0.2, 0.25) is 5.91 Å². The first-order valence-corrected chi connectivity index (χ1v) is 10.5. The number of aromatic nitrogens is 2. The molecule has 0 bridgehead atoms. The van der Waals surface area contributed by atoms with Gasteiger partial charge in [-0.15, -0.1) is 0 Å². The molecule has 4 rings (SSSR count). The molecule has 1 aliphatic carbocycles. The Bertz CT molecular complexity index is 851. The third kappa shape index (κ3) is 4.35. The number of amides is 1. The van der Waals surface area contributed by atoms with Crippen molar-refractivity contribution in [1.29, 1.82) is 0 Å². The van der Waals surface area contributed by atoms with E-state index >= 15 is 0 Å². The van der Waals surface area contributed by atoms with Crippen molar-refractivity contribution in [2.24, 2.45) is 5.92 Å². The fraction of sp³-hybridized carbons (Fsp3) is 0.632. The highest BCUT2D eigenvalue weighted by atomic mass is 32.1. The highest BCUT2D eigenvalue weighted by molar-refractivity contribution is 7.21. The summed E-state index contributed by atoms with van der Waals surface area (Å²) in [6, 6.07) is 1.41. The summed E-state index contributed by atoms with van der Waals surface area (Å²) in [5.74, 6) is -0.143. The zero-order valence-corrected chi connectivity index (χ0v) is 16.9. The molecule has 1 atom stereocenters. The highest BCUT2D eigenvalue weighted by Gasteiger charge is 2.31. The lowest BCUT2D eigenvalue weighted by Gasteiger charge is -2.35. The first-order chi connectivity index (χ1) is 13.5. The van der Waals surface area contributed by atoms with Crippen LogP contribution in [0, 0.1) is 11.7 Å². The Morgan fingerprint density at radius 1 is 1.43 bits per heavy atom. The van der Waals surface area contributed by atoms with E-state index in [0.717, 1.165) is 31.1 Å². The molecule has 9 heteroatoms. The maximum atomic E-state index is 14.3. The van der Waals surface area contributed by atoms with Crippen molar-refractivity contribution >= 4 is 32.7 Å². The first-order valence-electron chi connectivity index (χ1n) is 9.71. The number of ether oxygens (including phenoxy) is 2. The van der Waals surface area contributed by atoms with E-state index in [1.165, 1.54) is 30.7 Å². The lowest BCUT2D eigenvalue weighted by molar-refractivity contribution is -0.120. The predicted molar refractivity (Wildman–Crippen MR) is 105 cm³/mol. The molecule has 7 nitrogen and oxygen atoms in total. The van der Waals surface area contributed by atoms with Crippen LogP contribution in [0.4, 0.5) is 9.52 Å². The lowest BCUT2D eigenvalue weighted by Crippen LogP contribution is -2.40. The van der Waals surface area contributed by atoms with Crippen LogP contribution in [0.3, 0.4) is 0 Å². The summed E-state index contributed by atoms with van der Waals surface area (Å²) in [5.41, 5.74) is 0.585. The number of fused-ring (bicyclic) bond motifs is 1. The molecule has 2 aliphatic rings. The summed E-state index contributed by atoms with van der Waals surface area (Å²) < 4.78 is 25.7. The van der Waals surface area contributed by atoms with Crippen molar-refractivity contribution in [3.8, 4) is 5.88 Å². The Hall–Kier alpha value is -2.00. The van der Waals surface area contributed by atoms with E-state index in [2.05, 4.69) is 20.2 Å². The Morgan fingerprint density at radius 3 is 2.89 bits per heavy atom. The molecular weight excluding hydrogens is 383 g/mol. The van der Waals surface area contributed by atoms with Crippen LogP contribution in [0.5, 0.6) is 5.88 Å². The van der Waals surface area contributed by atoms with E-state index in [9.17, 15) is 9.18 Å². The SMILES string of the molecule is CC(=O)N[C@@H](C)CO[C@H]1C[C@H](COc2nc3sc(N4CCC4)nc3cc2F)C1. The second kappa shape index (κ2) is 8.16. The maximum absolute atomic E-state index is 14.3. The quantitative estimate of drug-likeness (QED) is 0.724. The largest absolute Gasteiger partial charge is 0.475 e. The number of anilines is 1. The monoisotopic (exact) mass is 408 g/mol. The lowest BCUT2D eigenvalue weighted by atomic mass is 9.83. The number of hydrogen-bond donors (Lipinski definition) is 1. The second-order valence-electron chi connectivity index (χ2n) is 7.64. The standard InChI is InChI=1S/C19H25FN4O3S/c1-11(21-12(2)25)9-26-14-6-13(7-14)10-27-17-15(20)8-16-18(23-17)28-19(22-16)24-4-3-5-24/h8,11,13-14H,3-7,9-10H2,1-2H3,(H,21,25)/t11-,13-,14-/m0/s1. The van der Waals surface area contributed by atoms with Gasteiger partial charge >= 0.3 is 0 Å². The van der Waals surface area contributed by atoms with E-state index < -0.39 is 5.82 Å². The van der Waals surface area contributed by atoms with Gasteiger partial charge in [-0.3, -0.25) is 4.79 Å². The van der Waals surface area contributed by atoms with Gasteiger partial charge in [0.15, 0.2) is 10.9 Å². The van der Waals surface area contributed by atoms with Crippen molar-refractivity contribution in [2.45, 2.75) is 45.3 Å². The smallest absolute Gasteiger partial charge is 0.251 e. The number of carbonyl (C=O) groups is 1. The average molecular weight is 408 g/mol. The number of thiazole rings is 1. The molecule has 0 aromatic carbocycles. The molecule has 152 valence electrons. The van der Waals surface area contributed by atoms with Crippen LogP contribution < -0.4 is 15.0 Å². The molecule has 2 aromatic heterocycles. The Kier molecular flexibility index (Phi) is 5.63. The molecule has 1 saturated heterocycles. The molecule has 2 aromatic rings. The first kappa shape index (κ1) is 19.3. The summed E-state index contributed by atoms with van der Waals surface area (Å²) in [7, 11) is 0. The Balaban J connectivity index is 1.25. The zero-order chi connectivity index (χ0) is 19.7. The summed E-state index contributed by atoms with van der Waals surface area (Å²) in [6.07, 6.45) is 3.09. The topological polar surface area (TPSA) is 76.6 Å². The molecule has 0 spiro atoms. The van der Waals surface area contributed by atoms with Crippen molar-refractivity contribution < 1.29 is 18.7 Å².